The Hall–Kier alpha value is -1.93. The van der Waals surface area contributed by atoms with Crippen LogP contribution in [-0.4, -0.2) is 5.91 Å². The highest BCUT2D eigenvalue weighted by Crippen LogP contribution is 2.38. The fourth-order valence-electron chi connectivity index (χ4n) is 3.79. The maximum Gasteiger partial charge on any atom is 0.266 e. The molecule has 0 fully saturated rings. The summed E-state index contributed by atoms with van der Waals surface area (Å²) in [5, 5.41) is 22.6. The van der Waals surface area contributed by atoms with E-state index >= 15 is 0 Å². The number of hydrogen-bond donors (Lipinski definition) is 1. The minimum absolute atomic E-state index is 0.0182. The van der Waals surface area contributed by atoms with E-state index in [4.69, 9.17) is 4.74 Å². The fraction of sp³-hybridized carbons (Fsp3) is 0.192. The van der Waals surface area contributed by atoms with Gasteiger partial charge < -0.3 is 10.1 Å². The van der Waals surface area contributed by atoms with Crippen molar-refractivity contribution in [3.8, 4) is 17.9 Å². The zero-order chi connectivity index (χ0) is 24.9. The molecular formula is C26H18BrI2N3O2S. The number of rotatable bonds is 6. The number of hydrogen-bond acceptors (Lipinski definition) is 5. The SMILES string of the molecule is N#C/C(=C\c1cc(I)c(OCc2ccc(Br)cc2)c(I)c1)C(=O)Nc1sc2c(c1C#N)CCCC2. The molecule has 0 saturated heterocycles. The zero-order valence-electron chi connectivity index (χ0n) is 18.3. The molecule has 1 heterocycles. The maximum atomic E-state index is 12.9. The van der Waals surface area contributed by atoms with Crippen LogP contribution in [0.1, 0.15) is 40.0 Å². The Bertz CT molecular complexity index is 1380. The van der Waals surface area contributed by atoms with Crippen LogP contribution in [0.2, 0.25) is 0 Å². The van der Waals surface area contributed by atoms with E-state index in [0.29, 0.717) is 17.2 Å². The average Bonchev–Trinajstić information content (AvgIpc) is 3.19. The van der Waals surface area contributed by atoms with Crippen LogP contribution in [0.5, 0.6) is 5.75 Å². The molecule has 0 saturated carbocycles. The van der Waals surface area contributed by atoms with Gasteiger partial charge in [0.25, 0.3) is 5.91 Å². The van der Waals surface area contributed by atoms with Gasteiger partial charge in [-0.1, -0.05) is 28.1 Å². The summed E-state index contributed by atoms with van der Waals surface area (Å²) < 4.78 is 8.83. The second kappa shape index (κ2) is 11.9. The first kappa shape index (κ1) is 26.1. The third kappa shape index (κ3) is 6.26. The normalized spacial score (nSPS) is 12.9. The second-order valence-corrected chi connectivity index (χ2v) is 12.2. The van der Waals surface area contributed by atoms with Crippen molar-refractivity contribution in [2.45, 2.75) is 32.3 Å². The molecule has 0 atom stereocenters. The molecule has 1 aliphatic carbocycles. The number of halogens is 3. The van der Waals surface area contributed by atoms with Crippen LogP contribution in [0.3, 0.4) is 0 Å². The molecule has 5 nitrogen and oxygen atoms in total. The number of benzene rings is 2. The highest BCUT2D eigenvalue weighted by atomic mass is 127. The number of nitrogens with one attached hydrogen (secondary N) is 1. The Morgan fingerprint density at radius 3 is 2.49 bits per heavy atom. The summed E-state index contributed by atoms with van der Waals surface area (Å²) in [5.41, 5.74) is 3.35. The first-order chi connectivity index (χ1) is 16.9. The van der Waals surface area contributed by atoms with Crippen LogP contribution in [0.25, 0.3) is 6.08 Å². The number of nitriles is 2. The predicted molar refractivity (Wildman–Crippen MR) is 158 cm³/mol. The van der Waals surface area contributed by atoms with Crippen LogP contribution in [0, 0.1) is 29.8 Å². The highest BCUT2D eigenvalue weighted by molar-refractivity contribution is 14.1. The first-order valence-electron chi connectivity index (χ1n) is 10.7. The molecule has 3 aromatic rings. The third-order valence-electron chi connectivity index (χ3n) is 5.50. The lowest BCUT2D eigenvalue weighted by molar-refractivity contribution is -0.112. The number of nitrogens with zero attached hydrogens (tertiary/aromatic N) is 2. The van der Waals surface area contributed by atoms with Crippen molar-refractivity contribution in [3.63, 3.8) is 0 Å². The summed E-state index contributed by atoms with van der Waals surface area (Å²) in [6.45, 7) is 0.437. The van der Waals surface area contributed by atoms with Gasteiger partial charge in [0.2, 0.25) is 0 Å². The van der Waals surface area contributed by atoms with Crippen molar-refractivity contribution in [1.29, 1.82) is 10.5 Å². The number of amides is 1. The van der Waals surface area contributed by atoms with Gasteiger partial charge >= 0.3 is 0 Å². The van der Waals surface area contributed by atoms with Gasteiger partial charge in [0.15, 0.2) is 0 Å². The molecule has 9 heteroatoms. The molecule has 0 aliphatic heterocycles. The molecular weight excluding hydrogens is 752 g/mol. The summed E-state index contributed by atoms with van der Waals surface area (Å²) in [4.78, 5) is 14.1. The number of thiophene rings is 1. The van der Waals surface area contributed by atoms with Crippen molar-refractivity contribution in [1.82, 2.24) is 0 Å². The largest absolute Gasteiger partial charge is 0.487 e. The number of anilines is 1. The number of aryl methyl sites for hydroxylation is 1. The molecule has 0 radical (unpaired) electrons. The number of carbonyl (C=O) groups is 1. The summed E-state index contributed by atoms with van der Waals surface area (Å²) in [5.74, 6) is 0.250. The van der Waals surface area contributed by atoms with Crippen LogP contribution in [-0.2, 0) is 24.2 Å². The van der Waals surface area contributed by atoms with E-state index in [0.717, 1.165) is 64.6 Å². The lowest BCUT2D eigenvalue weighted by atomic mass is 9.96. The lowest BCUT2D eigenvalue weighted by Crippen LogP contribution is -2.13. The third-order valence-corrected chi connectivity index (χ3v) is 8.84. The van der Waals surface area contributed by atoms with Gasteiger partial charge in [-0.3, -0.25) is 4.79 Å². The Balaban J connectivity index is 1.52. The van der Waals surface area contributed by atoms with Crippen LogP contribution >= 0.6 is 72.4 Å². The standard InChI is InChI=1S/C26H18BrI2N3O2S/c27-18-7-5-15(6-8-18)14-34-24-21(28)10-16(11-22(24)29)9-17(12-30)25(33)32-26-20(13-31)19-3-1-2-4-23(19)35-26/h5-11H,1-4,14H2,(H,32,33)/b17-9+. The molecule has 0 spiro atoms. The average molecular weight is 770 g/mol. The van der Waals surface area contributed by atoms with Gasteiger partial charge in [-0.15, -0.1) is 11.3 Å². The lowest BCUT2D eigenvalue weighted by Gasteiger charge is -2.12. The highest BCUT2D eigenvalue weighted by Gasteiger charge is 2.23. The molecule has 1 amide bonds. The van der Waals surface area contributed by atoms with Gasteiger partial charge in [0, 0.05) is 9.35 Å². The fourth-order valence-corrected chi connectivity index (χ4v) is 7.42. The van der Waals surface area contributed by atoms with E-state index in [2.05, 4.69) is 72.5 Å². The molecule has 0 unspecified atom stereocenters. The van der Waals surface area contributed by atoms with E-state index < -0.39 is 5.91 Å². The van der Waals surface area contributed by atoms with Crippen LogP contribution < -0.4 is 10.1 Å². The summed E-state index contributed by atoms with van der Waals surface area (Å²) in [6, 6.07) is 16.0. The molecule has 4 rings (SSSR count). The molecule has 1 N–H and O–H groups in total. The second-order valence-electron chi connectivity index (χ2n) is 7.88. The van der Waals surface area contributed by atoms with E-state index in [1.165, 1.54) is 11.3 Å². The quantitative estimate of drug-likeness (QED) is 0.159. The summed E-state index contributed by atoms with van der Waals surface area (Å²) >= 11 is 9.28. The Labute approximate surface area is 243 Å². The predicted octanol–water partition coefficient (Wildman–Crippen LogP) is 7.59. The van der Waals surface area contributed by atoms with Crippen molar-refractivity contribution >= 4 is 89.4 Å². The summed E-state index contributed by atoms with van der Waals surface area (Å²) in [6.07, 6.45) is 5.50. The van der Waals surface area contributed by atoms with Crippen molar-refractivity contribution in [2.75, 3.05) is 5.32 Å². The zero-order valence-corrected chi connectivity index (χ0v) is 25.0. The molecule has 1 aromatic heterocycles. The smallest absolute Gasteiger partial charge is 0.266 e. The molecule has 2 aromatic carbocycles. The number of fused-ring (bicyclic) bond motifs is 1. The Morgan fingerprint density at radius 2 is 1.83 bits per heavy atom. The Kier molecular flexibility index (Phi) is 8.87. The monoisotopic (exact) mass is 769 g/mol. The van der Waals surface area contributed by atoms with Crippen molar-refractivity contribution in [3.05, 3.63) is 80.7 Å². The van der Waals surface area contributed by atoms with E-state index in [9.17, 15) is 15.3 Å². The maximum absolute atomic E-state index is 12.9. The van der Waals surface area contributed by atoms with Gasteiger partial charge in [0.05, 0.1) is 12.7 Å². The Morgan fingerprint density at radius 1 is 1.14 bits per heavy atom. The summed E-state index contributed by atoms with van der Waals surface area (Å²) in [7, 11) is 0. The van der Waals surface area contributed by atoms with Gasteiger partial charge in [0.1, 0.15) is 35.1 Å². The van der Waals surface area contributed by atoms with Crippen LogP contribution in [0.4, 0.5) is 5.00 Å². The topological polar surface area (TPSA) is 85.9 Å². The molecule has 35 heavy (non-hydrogen) atoms. The number of ether oxygens (including phenoxy) is 1. The van der Waals surface area contributed by atoms with Crippen LogP contribution in [0.15, 0.2) is 46.4 Å². The number of carbonyl (C=O) groups excluding carboxylic acids is 1. The van der Waals surface area contributed by atoms with Gasteiger partial charge in [-0.25, -0.2) is 0 Å². The van der Waals surface area contributed by atoms with Gasteiger partial charge in [-0.2, -0.15) is 10.5 Å². The van der Waals surface area contributed by atoms with Gasteiger partial charge in [-0.05, 0) is 118 Å². The minimum Gasteiger partial charge on any atom is -0.487 e. The van der Waals surface area contributed by atoms with E-state index in [1.54, 1.807) is 6.08 Å². The molecule has 1 aliphatic rings. The van der Waals surface area contributed by atoms with Crippen molar-refractivity contribution in [2.24, 2.45) is 0 Å². The first-order valence-corrected chi connectivity index (χ1v) is 14.5. The molecule has 176 valence electrons. The van der Waals surface area contributed by atoms with Crippen molar-refractivity contribution < 1.29 is 9.53 Å². The van der Waals surface area contributed by atoms with E-state index in [1.807, 2.05) is 42.5 Å². The molecule has 0 bridgehead atoms. The minimum atomic E-state index is -0.511. The van der Waals surface area contributed by atoms with E-state index in [-0.39, 0.29) is 5.57 Å².